The van der Waals surface area contributed by atoms with E-state index in [9.17, 15) is 9.90 Å². The van der Waals surface area contributed by atoms with E-state index in [0.717, 1.165) is 55.7 Å². The normalized spacial score (nSPS) is 20.0. The highest BCUT2D eigenvalue weighted by atomic mass is 16.3. The van der Waals surface area contributed by atoms with Gasteiger partial charge in [-0.3, -0.25) is 4.79 Å². The molecular weight excluding hydrogens is 350 g/mol. The lowest BCUT2D eigenvalue weighted by Gasteiger charge is -2.45. The van der Waals surface area contributed by atoms with Gasteiger partial charge in [-0.1, -0.05) is 18.2 Å². The quantitative estimate of drug-likeness (QED) is 0.890. The third-order valence-electron chi connectivity index (χ3n) is 6.04. The minimum absolute atomic E-state index is 0.100. The van der Waals surface area contributed by atoms with E-state index in [0.29, 0.717) is 0 Å². The lowest BCUT2D eigenvalue weighted by Crippen LogP contribution is -2.52. The van der Waals surface area contributed by atoms with Gasteiger partial charge in [-0.15, -0.1) is 0 Å². The number of piperidine rings is 1. The summed E-state index contributed by atoms with van der Waals surface area (Å²) in [6.07, 6.45) is 3.03. The number of para-hydroxylation sites is 1. The third-order valence-corrected chi connectivity index (χ3v) is 6.04. The van der Waals surface area contributed by atoms with E-state index in [1.165, 1.54) is 5.56 Å². The van der Waals surface area contributed by atoms with E-state index in [4.69, 9.17) is 0 Å². The van der Waals surface area contributed by atoms with Gasteiger partial charge in [0.1, 0.15) is 6.23 Å². The zero-order chi connectivity index (χ0) is 19.7. The number of aryl methyl sites for hydroxylation is 1. The number of aliphatic hydroxyl groups is 1. The molecule has 148 valence electrons. The summed E-state index contributed by atoms with van der Waals surface area (Å²) in [6, 6.07) is 16.4. The van der Waals surface area contributed by atoms with Crippen LogP contribution in [-0.4, -0.2) is 55.4 Å². The van der Waals surface area contributed by atoms with Crippen molar-refractivity contribution in [3.63, 3.8) is 0 Å². The second-order valence-corrected chi connectivity index (χ2v) is 8.02. The van der Waals surface area contributed by atoms with Crippen LogP contribution in [-0.2, 0) is 6.42 Å². The molecule has 0 bridgehead atoms. The number of likely N-dealkylation sites (tertiary alicyclic amines) is 1. The van der Waals surface area contributed by atoms with Gasteiger partial charge in [-0.05, 0) is 61.6 Å². The molecule has 28 heavy (non-hydrogen) atoms. The molecular formula is C23H29N3O2. The van der Waals surface area contributed by atoms with Crippen molar-refractivity contribution in [2.45, 2.75) is 38.0 Å². The van der Waals surface area contributed by atoms with E-state index in [1.54, 1.807) is 0 Å². The minimum atomic E-state index is -0.430. The van der Waals surface area contributed by atoms with E-state index in [-0.39, 0.29) is 11.9 Å². The zero-order valence-electron chi connectivity index (χ0n) is 16.7. The first-order valence-corrected chi connectivity index (χ1v) is 10.2. The first-order chi connectivity index (χ1) is 13.5. The maximum atomic E-state index is 12.9. The molecule has 4 rings (SSSR count). The highest BCUT2D eigenvalue weighted by Crippen LogP contribution is 2.34. The van der Waals surface area contributed by atoms with Crippen LogP contribution in [0.5, 0.6) is 0 Å². The molecule has 2 heterocycles. The molecule has 5 nitrogen and oxygen atoms in total. The smallest absolute Gasteiger partial charge is 0.253 e. The predicted molar refractivity (Wildman–Crippen MR) is 113 cm³/mol. The first-order valence-electron chi connectivity index (χ1n) is 10.2. The number of fused-ring (bicyclic) bond motifs is 1. The van der Waals surface area contributed by atoms with Gasteiger partial charge in [-0.25, -0.2) is 0 Å². The Bertz CT molecular complexity index is 826. The number of nitrogens with zero attached hydrogens (tertiary/aromatic N) is 3. The molecule has 1 atom stereocenters. The van der Waals surface area contributed by atoms with Gasteiger partial charge < -0.3 is 19.8 Å². The second kappa shape index (κ2) is 7.84. The standard InChI is InChI=1S/C23H29N3O2/c1-24(2)19-10-7-18(8-11-19)23(28)25-15-13-20(14-16-25)26-21-6-4-3-5-17(21)9-12-22(26)27/h3-8,10-11,20,22,27H,9,12-16H2,1-2H3. The summed E-state index contributed by atoms with van der Waals surface area (Å²) in [4.78, 5) is 19.0. The maximum Gasteiger partial charge on any atom is 0.253 e. The van der Waals surface area contributed by atoms with Crippen molar-refractivity contribution in [3.05, 3.63) is 59.7 Å². The average molecular weight is 380 g/mol. The molecule has 1 saturated heterocycles. The van der Waals surface area contributed by atoms with Crippen LogP contribution in [0.1, 0.15) is 35.2 Å². The summed E-state index contributed by atoms with van der Waals surface area (Å²) in [5.74, 6) is 0.100. The topological polar surface area (TPSA) is 47.0 Å². The molecule has 2 aromatic rings. The van der Waals surface area contributed by atoms with E-state index in [1.807, 2.05) is 54.2 Å². The second-order valence-electron chi connectivity index (χ2n) is 8.02. The molecule has 0 saturated carbocycles. The average Bonchev–Trinajstić information content (AvgIpc) is 2.73. The maximum absolute atomic E-state index is 12.9. The Morgan fingerprint density at radius 1 is 1.00 bits per heavy atom. The van der Waals surface area contributed by atoms with Gasteiger partial charge in [-0.2, -0.15) is 0 Å². The fourth-order valence-corrected chi connectivity index (χ4v) is 4.43. The number of aliphatic hydroxyl groups excluding tert-OH is 1. The van der Waals surface area contributed by atoms with Crippen LogP contribution in [0.3, 0.4) is 0 Å². The number of hydrogen-bond acceptors (Lipinski definition) is 4. The molecule has 0 spiro atoms. The molecule has 2 aliphatic rings. The molecule has 2 aromatic carbocycles. The van der Waals surface area contributed by atoms with Gasteiger partial charge in [0.2, 0.25) is 0 Å². The zero-order valence-corrected chi connectivity index (χ0v) is 16.7. The Hall–Kier alpha value is -2.53. The lowest BCUT2D eigenvalue weighted by molar-refractivity contribution is 0.0687. The van der Waals surface area contributed by atoms with Crippen LogP contribution in [0.25, 0.3) is 0 Å². The number of hydrogen-bond donors (Lipinski definition) is 1. The van der Waals surface area contributed by atoms with Gasteiger partial charge in [0, 0.05) is 50.2 Å². The number of carbonyl (C=O) groups is 1. The highest BCUT2D eigenvalue weighted by molar-refractivity contribution is 5.94. The number of rotatable bonds is 3. The van der Waals surface area contributed by atoms with Crippen molar-refractivity contribution in [1.82, 2.24) is 4.90 Å². The molecule has 5 heteroatoms. The van der Waals surface area contributed by atoms with E-state index >= 15 is 0 Å². The molecule has 1 unspecified atom stereocenters. The monoisotopic (exact) mass is 379 g/mol. The van der Waals surface area contributed by atoms with Crippen LogP contribution < -0.4 is 9.80 Å². The number of amides is 1. The summed E-state index contributed by atoms with van der Waals surface area (Å²) >= 11 is 0. The van der Waals surface area contributed by atoms with Crippen LogP contribution in [0.4, 0.5) is 11.4 Å². The summed E-state index contributed by atoms with van der Waals surface area (Å²) in [7, 11) is 3.99. The molecule has 0 aliphatic carbocycles. The van der Waals surface area contributed by atoms with E-state index < -0.39 is 6.23 Å². The van der Waals surface area contributed by atoms with E-state index in [2.05, 4.69) is 23.1 Å². The molecule has 0 radical (unpaired) electrons. The highest BCUT2D eigenvalue weighted by Gasteiger charge is 2.33. The number of carbonyl (C=O) groups excluding carboxylic acids is 1. The predicted octanol–water partition coefficient (Wildman–Crippen LogP) is 3.13. The minimum Gasteiger partial charge on any atom is -0.378 e. The Labute approximate surface area is 167 Å². The van der Waals surface area contributed by atoms with Crippen molar-refractivity contribution < 1.29 is 9.90 Å². The Balaban J connectivity index is 1.43. The summed E-state index contributed by atoms with van der Waals surface area (Å²) in [5, 5.41) is 10.6. The molecule has 1 amide bonds. The fraction of sp³-hybridized carbons (Fsp3) is 0.435. The molecule has 2 aliphatic heterocycles. The summed E-state index contributed by atoms with van der Waals surface area (Å²) < 4.78 is 0. The van der Waals surface area contributed by atoms with Crippen LogP contribution in [0.15, 0.2) is 48.5 Å². The Kier molecular flexibility index (Phi) is 5.27. The van der Waals surface area contributed by atoms with Crippen molar-refractivity contribution in [1.29, 1.82) is 0 Å². The van der Waals surface area contributed by atoms with Crippen LogP contribution >= 0.6 is 0 Å². The first kappa shape index (κ1) is 18.8. The van der Waals surface area contributed by atoms with Gasteiger partial charge in [0.05, 0.1) is 0 Å². The largest absolute Gasteiger partial charge is 0.378 e. The summed E-state index contributed by atoms with van der Waals surface area (Å²) in [6.45, 7) is 1.45. The van der Waals surface area contributed by atoms with Gasteiger partial charge in [0.15, 0.2) is 0 Å². The molecule has 1 N–H and O–H groups in total. The van der Waals surface area contributed by atoms with Crippen molar-refractivity contribution in [3.8, 4) is 0 Å². The Morgan fingerprint density at radius 2 is 1.68 bits per heavy atom. The molecule has 1 fully saturated rings. The Morgan fingerprint density at radius 3 is 2.36 bits per heavy atom. The lowest BCUT2D eigenvalue weighted by atomic mass is 9.94. The van der Waals surface area contributed by atoms with Crippen molar-refractivity contribution in [2.75, 3.05) is 37.0 Å². The SMILES string of the molecule is CN(C)c1ccc(C(=O)N2CCC(N3c4ccccc4CCC3O)CC2)cc1. The van der Waals surface area contributed by atoms with Gasteiger partial charge in [0.25, 0.3) is 5.91 Å². The summed E-state index contributed by atoms with van der Waals surface area (Å²) in [5.41, 5.74) is 4.30. The fourth-order valence-electron chi connectivity index (χ4n) is 4.43. The molecule has 0 aromatic heterocycles. The number of benzene rings is 2. The van der Waals surface area contributed by atoms with Gasteiger partial charge >= 0.3 is 0 Å². The van der Waals surface area contributed by atoms with Crippen LogP contribution in [0.2, 0.25) is 0 Å². The van der Waals surface area contributed by atoms with Crippen molar-refractivity contribution >= 4 is 17.3 Å². The van der Waals surface area contributed by atoms with Crippen molar-refractivity contribution in [2.24, 2.45) is 0 Å². The number of anilines is 2. The third kappa shape index (κ3) is 3.59. The van der Waals surface area contributed by atoms with Crippen LogP contribution in [0, 0.1) is 0 Å².